The summed E-state index contributed by atoms with van der Waals surface area (Å²) in [5, 5.41) is 11.9. The van der Waals surface area contributed by atoms with Crippen molar-refractivity contribution in [2.75, 3.05) is 30.5 Å². The number of hydrogen-bond acceptors (Lipinski definition) is 8. The average Bonchev–Trinajstić information content (AvgIpc) is 3.24. The summed E-state index contributed by atoms with van der Waals surface area (Å²) in [5.74, 6) is 2.99. The number of nitrogens with one attached hydrogen (secondary N) is 2. The maximum atomic E-state index is 14.0. The number of allylic oxidation sites excluding steroid dienone is 1. The zero-order valence-electron chi connectivity index (χ0n) is 22.9. The Bertz CT molecular complexity index is 1590. The van der Waals surface area contributed by atoms with Crippen LogP contribution >= 0.6 is 11.8 Å². The number of para-hydroxylation sites is 2. The Morgan fingerprint density at radius 3 is 2.68 bits per heavy atom. The molecule has 10 heteroatoms. The van der Waals surface area contributed by atoms with Gasteiger partial charge in [-0.1, -0.05) is 60.3 Å². The normalized spacial score (nSPS) is 15.9. The van der Waals surface area contributed by atoms with Gasteiger partial charge >= 0.3 is 0 Å². The number of fused-ring (bicyclic) bond motifs is 2. The molecule has 0 saturated heterocycles. The lowest BCUT2D eigenvalue weighted by molar-refractivity contribution is -0.113. The first-order valence-corrected chi connectivity index (χ1v) is 14.6. The first-order chi connectivity index (χ1) is 20.1. The van der Waals surface area contributed by atoms with Crippen molar-refractivity contribution in [1.82, 2.24) is 14.8 Å². The number of anilines is 2. The standard InChI is InChI=1S/C31H31N5O4S/c1-3-38-24-13-8-7-12-23(24)33-29(37)27-20(2)32-30-34-31(41-19-21-10-5-4-6-11-21)35-36(30)28(27)22-14-15-25-26(18-22)40-17-9-16-39-25/h4-8,10-15,18,28H,3,9,16-17,19H2,1-2H3,(H,33,37)(H,32,34,35). The number of carbonyl (C=O) groups excluding carboxylic acids is 1. The number of benzene rings is 3. The first kappa shape index (κ1) is 26.8. The number of nitrogens with zero attached hydrogens (tertiary/aromatic N) is 3. The summed E-state index contributed by atoms with van der Waals surface area (Å²) < 4.78 is 19.4. The van der Waals surface area contributed by atoms with Crippen LogP contribution in [-0.2, 0) is 10.5 Å². The number of amides is 1. The van der Waals surface area contributed by atoms with Crippen molar-refractivity contribution >= 4 is 29.3 Å². The second-order valence-corrected chi connectivity index (χ2v) is 10.6. The van der Waals surface area contributed by atoms with Crippen molar-refractivity contribution in [2.24, 2.45) is 0 Å². The van der Waals surface area contributed by atoms with E-state index in [9.17, 15) is 4.79 Å². The largest absolute Gasteiger partial charge is 0.492 e. The molecule has 2 aliphatic heterocycles. The number of aromatic nitrogens is 3. The lowest BCUT2D eigenvalue weighted by atomic mass is 9.94. The minimum absolute atomic E-state index is 0.265. The Hall–Kier alpha value is -4.44. The molecule has 1 unspecified atom stereocenters. The third kappa shape index (κ3) is 5.74. The Balaban J connectivity index is 1.37. The Labute approximate surface area is 242 Å². The molecule has 9 nitrogen and oxygen atoms in total. The number of hydrogen-bond donors (Lipinski definition) is 2. The Kier molecular flexibility index (Phi) is 7.82. The predicted molar refractivity (Wildman–Crippen MR) is 159 cm³/mol. The molecule has 1 amide bonds. The van der Waals surface area contributed by atoms with E-state index in [1.165, 1.54) is 5.56 Å². The van der Waals surface area contributed by atoms with E-state index < -0.39 is 6.04 Å². The smallest absolute Gasteiger partial charge is 0.255 e. The number of thioether (sulfide) groups is 1. The van der Waals surface area contributed by atoms with Crippen LogP contribution in [-0.4, -0.2) is 40.5 Å². The van der Waals surface area contributed by atoms with E-state index >= 15 is 0 Å². The Morgan fingerprint density at radius 2 is 1.85 bits per heavy atom. The number of carbonyl (C=O) groups is 1. The molecular formula is C31H31N5O4S. The van der Waals surface area contributed by atoms with Gasteiger partial charge in [0.25, 0.3) is 5.91 Å². The third-order valence-electron chi connectivity index (χ3n) is 6.81. The van der Waals surface area contributed by atoms with Crippen LogP contribution in [0.5, 0.6) is 17.2 Å². The minimum atomic E-state index is -0.554. The SMILES string of the molecule is CCOc1ccccc1NC(=O)C1=C(C)Nc2nc(SCc3ccccc3)nn2C1c1ccc2c(c1)OCCCO2. The van der Waals surface area contributed by atoms with Crippen LogP contribution in [0.15, 0.2) is 89.2 Å². The lowest BCUT2D eigenvalue weighted by Crippen LogP contribution is -2.31. The van der Waals surface area contributed by atoms with Crippen LogP contribution in [0, 0.1) is 0 Å². The molecule has 2 aliphatic rings. The summed E-state index contributed by atoms with van der Waals surface area (Å²) in [6.45, 7) is 5.45. The molecular weight excluding hydrogens is 538 g/mol. The van der Waals surface area contributed by atoms with Crippen LogP contribution in [0.4, 0.5) is 11.6 Å². The fourth-order valence-electron chi connectivity index (χ4n) is 4.91. The highest BCUT2D eigenvalue weighted by atomic mass is 32.2. The first-order valence-electron chi connectivity index (χ1n) is 13.6. The van der Waals surface area contributed by atoms with E-state index in [0.717, 1.165) is 17.7 Å². The van der Waals surface area contributed by atoms with Crippen molar-refractivity contribution in [2.45, 2.75) is 37.2 Å². The van der Waals surface area contributed by atoms with Gasteiger partial charge in [0.05, 0.1) is 31.1 Å². The van der Waals surface area contributed by atoms with Crippen LogP contribution in [0.25, 0.3) is 0 Å². The monoisotopic (exact) mass is 569 g/mol. The summed E-state index contributed by atoms with van der Waals surface area (Å²) in [4.78, 5) is 18.8. The van der Waals surface area contributed by atoms with Crippen LogP contribution in [0.3, 0.4) is 0 Å². The topological polar surface area (TPSA) is 99.5 Å². The highest BCUT2D eigenvalue weighted by molar-refractivity contribution is 7.98. The second kappa shape index (κ2) is 12.0. The molecule has 41 heavy (non-hydrogen) atoms. The van der Waals surface area contributed by atoms with Gasteiger partial charge in [-0.2, -0.15) is 4.98 Å². The fraction of sp³-hybridized carbons (Fsp3) is 0.258. The molecule has 0 radical (unpaired) electrons. The maximum Gasteiger partial charge on any atom is 0.255 e. The summed E-state index contributed by atoms with van der Waals surface area (Å²) in [7, 11) is 0. The van der Waals surface area contributed by atoms with E-state index in [1.807, 2.05) is 74.5 Å². The quantitative estimate of drug-likeness (QED) is 0.247. The highest BCUT2D eigenvalue weighted by Gasteiger charge is 2.35. The molecule has 4 aromatic rings. The van der Waals surface area contributed by atoms with Crippen molar-refractivity contribution in [3.8, 4) is 17.2 Å². The molecule has 0 spiro atoms. The molecule has 0 fully saturated rings. The number of ether oxygens (including phenoxy) is 3. The van der Waals surface area contributed by atoms with E-state index in [0.29, 0.717) is 65.1 Å². The van der Waals surface area contributed by atoms with E-state index in [2.05, 4.69) is 22.8 Å². The molecule has 3 heterocycles. The predicted octanol–water partition coefficient (Wildman–Crippen LogP) is 6.06. The van der Waals surface area contributed by atoms with Gasteiger partial charge in [0.2, 0.25) is 11.1 Å². The average molecular weight is 570 g/mol. The second-order valence-electron chi connectivity index (χ2n) is 9.64. The third-order valence-corrected chi connectivity index (χ3v) is 7.72. The van der Waals surface area contributed by atoms with Crippen molar-refractivity contribution in [3.05, 3.63) is 95.2 Å². The Morgan fingerprint density at radius 1 is 1.07 bits per heavy atom. The molecule has 0 aliphatic carbocycles. The van der Waals surface area contributed by atoms with E-state index in [4.69, 9.17) is 24.3 Å². The van der Waals surface area contributed by atoms with Crippen molar-refractivity contribution in [1.29, 1.82) is 0 Å². The van der Waals surface area contributed by atoms with Gasteiger partial charge < -0.3 is 24.8 Å². The molecule has 210 valence electrons. The van der Waals surface area contributed by atoms with Gasteiger partial charge in [-0.3, -0.25) is 4.79 Å². The molecule has 0 saturated carbocycles. The van der Waals surface area contributed by atoms with Crippen molar-refractivity contribution in [3.63, 3.8) is 0 Å². The fourth-order valence-corrected chi connectivity index (χ4v) is 5.69. The molecule has 3 aromatic carbocycles. The lowest BCUT2D eigenvalue weighted by Gasteiger charge is -2.29. The summed E-state index contributed by atoms with van der Waals surface area (Å²) in [6, 6.07) is 22.9. The molecule has 6 rings (SSSR count). The molecule has 2 N–H and O–H groups in total. The van der Waals surface area contributed by atoms with Gasteiger partial charge in [0.1, 0.15) is 11.8 Å². The van der Waals surface area contributed by atoms with E-state index in [1.54, 1.807) is 16.4 Å². The van der Waals surface area contributed by atoms with E-state index in [-0.39, 0.29) is 5.91 Å². The zero-order chi connectivity index (χ0) is 28.2. The van der Waals surface area contributed by atoms with Gasteiger partial charge in [0.15, 0.2) is 11.5 Å². The summed E-state index contributed by atoms with van der Waals surface area (Å²) >= 11 is 1.55. The van der Waals surface area contributed by atoms with Gasteiger partial charge in [-0.05, 0) is 49.2 Å². The summed E-state index contributed by atoms with van der Waals surface area (Å²) in [5.41, 5.74) is 3.82. The van der Waals surface area contributed by atoms with Crippen molar-refractivity contribution < 1.29 is 19.0 Å². The highest BCUT2D eigenvalue weighted by Crippen LogP contribution is 2.41. The molecule has 1 atom stereocenters. The molecule has 0 bridgehead atoms. The van der Waals surface area contributed by atoms with Crippen LogP contribution in [0.2, 0.25) is 0 Å². The van der Waals surface area contributed by atoms with Gasteiger partial charge in [-0.15, -0.1) is 5.10 Å². The van der Waals surface area contributed by atoms with Crippen LogP contribution in [0.1, 0.15) is 37.4 Å². The minimum Gasteiger partial charge on any atom is -0.492 e. The maximum absolute atomic E-state index is 14.0. The van der Waals surface area contributed by atoms with Gasteiger partial charge in [-0.25, -0.2) is 4.68 Å². The summed E-state index contributed by atoms with van der Waals surface area (Å²) in [6.07, 6.45) is 0.804. The zero-order valence-corrected chi connectivity index (χ0v) is 23.7. The number of rotatable bonds is 8. The van der Waals surface area contributed by atoms with Crippen LogP contribution < -0.4 is 24.8 Å². The molecule has 1 aromatic heterocycles. The van der Waals surface area contributed by atoms with Gasteiger partial charge in [0, 0.05) is 17.9 Å².